The van der Waals surface area contributed by atoms with E-state index in [0.29, 0.717) is 11.3 Å². The Morgan fingerprint density at radius 3 is 2.32 bits per heavy atom. The highest BCUT2D eigenvalue weighted by molar-refractivity contribution is 5.99. The number of aryl methyl sites for hydroxylation is 1. The molecule has 3 rings (SSSR count). The van der Waals surface area contributed by atoms with Gasteiger partial charge in [0.15, 0.2) is 0 Å². The van der Waals surface area contributed by atoms with Crippen LogP contribution in [0, 0.1) is 6.92 Å². The van der Waals surface area contributed by atoms with E-state index in [0.717, 1.165) is 16.5 Å². The second-order valence-corrected chi connectivity index (χ2v) is 8.22. The second kappa shape index (κ2) is 10.8. The van der Waals surface area contributed by atoms with Gasteiger partial charge in [0.05, 0.1) is 6.04 Å². The first-order valence-electron chi connectivity index (χ1n) is 10.9. The molecular formula is C25H28N4O5. The van der Waals surface area contributed by atoms with Gasteiger partial charge in [0, 0.05) is 29.6 Å². The molecule has 3 atom stereocenters. The Hall–Kier alpha value is -3.98. The van der Waals surface area contributed by atoms with Gasteiger partial charge in [-0.25, -0.2) is 4.79 Å². The third-order valence-electron chi connectivity index (χ3n) is 5.30. The lowest BCUT2D eigenvalue weighted by Gasteiger charge is -2.22. The number of anilines is 1. The van der Waals surface area contributed by atoms with Gasteiger partial charge in [-0.3, -0.25) is 14.4 Å². The molecule has 3 unspecified atom stereocenters. The highest BCUT2D eigenvalue weighted by Crippen LogP contribution is 2.21. The van der Waals surface area contributed by atoms with Crippen LogP contribution in [0.2, 0.25) is 0 Å². The number of fused-ring (bicyclic) bond motifs is 1. The standard InChI is InChI=1S/C25H28N4O5/c1-14-11-22(30)34-21-13-18(9-10-19(14)21)28-25(33)20(12-17-7-5-4-6-8-17)29-24(32)16(3)27-23(31)15(2)26/h4-11,13,15-16,20H,12,26H2,1-3H3,(H,27,31)(H,28,33)(H,29,32). The van der Waals surface area contributed by atoms with Crippen molar-refractivity contribution >= 4 is 34.4 Å². The topological polar surface area (TPSA) is 144 Å². The Balaban J connectivity index is 1.80. The maximum atomic E-state index is 13.1. The molecule has 0 aliphatic heterocycles. The van der Waals surface area contributed by atoms with Crippen LogP contribution in [0.4, 0.5) is 5.69 Å². The molecule has 0 radical (unpaired) electrons. The number of carbonyl (C=O) groups excluding carboxylic acids is 3. The fourth-order valence-corrected chi connectivity index (χ4v) is 3.40. The maximum absolute atomic E-state index is 13.1. The number of carbonyl (C=O) groups is 3. The average molecular weight is 465 g/mol. The molecule has 0 aliphatic rings. The summed E-state index contributed by atoms with van der Waals surface area (Å²) in [5, 5.41) is 8.75. The number of hydrogen-bond acceptors (Lipinski definition) is 6. The predicted octanol–water partition coefficient (Wildman–Crippen LogP) is 1.62. The lowest BCUT2D eigenvalue weighted by Crippen LogP contribution is -2.54. The van der Waals surface area contributed by atoms with Crippen LogP contribution < -0.4 is 27.3 Å². The van der Waals surface area contributed by atoms with Crippen molar-refractivity contribution in [2.24, 2.45) is 5.73 Å². The van der Waals surface area contributed by atoms with Gasteiger partial charge < -0.3 is 26.1 Å². The number of rotatable bonds is 8. The van der Waals surface area contributed by atoms with E-state index in [2.05, 4.69) is 16.0 Å². The minimum atomic E-state index is -0.926. The van der Waals surface area contributed by atoms with E-state index in [1.54, 1.807) is 25.1 Å². The molecule has 34 heavy (non-hydrogen) atoms. The van der Waals surface area contributed by atoms with E-state index in [-0.39, 0.29) is 6.42 Å². The van der Waals surface area contributed by atoms with E-state index >= 15 is 0 Å². The quantitative estimate of drug-likeness (QED) is 0.373. The highest BCUT2D eigenvalue weighted by Gasteiger charge is 2.25. The molecular weight excluding hydrogens is 436 g/mol. The molecule has 9 heteroatoms. The summed E-state index contributed by atoms with van der Waals surface area (Å²) >= 11 is 0. The van der Waals surface area contributed by atoms with Crippen LogP contribution in [-0.2, 0) is 20.8 Å². The van der Waals surface area contributed by atoms with Crippen molar-refractivity contribution < 1.29 is 18.8 Å². The van der Waals surface area contributed by atoms with E-state index in [9.17, 15) is 19.2 Å². The van der Waals surface area contributed by atoms with Gasteiger partial charge >= 0.3 is 5.63 Å². The summed E-state index contributed by atoms with van der Waals surface area (Å²) in [4.78, 5) is 49.4. The predicted molar refractivity (Wildman–Crippen MR) is 129 cm³/mol. The molecule has 3 amide bonds. The molecule has 3 aromatic rings. The van der Waals surface area contributed by atoms with Crippen LogP contribution >= 0.6 is 0 Å². The Morgan fingerprint density at radius 1 is 0.941 bits per heavy atom. The molecule has 178 valence electrons. The molecule has 1 aromatic heterocycles. The van der Waals surface area contributed by atoms with E-state index < -0.39 is 41.5 Å². The van der Waals surface area contributed by atoms with Gasteiger partial charge in [0.25, 0.3) is 0 Å². The molecule has 0 bridgehead atoms. The van der Waals surface area contributed by atoms with Crippen LogP contribution in [0.5, 0.6) is 0 Å². The van der Waals surface area contributed by atoms with Gasteiger partial charge in [-0.2, -0.15) is 0 Å². The minimum absolute atomic E-state index is 0.230. The average Bonchev–Trinajstić information content (AvgIpc) is 2.78. The SMILES string of the molecule is Cc1cc(=O)oc2cc(NC(=O)C(Cc3ccccc3)NC(=O)C(C)NC(=O)C(C)N)ccc12. The van der Waals surface area contributed by atoms with Crippen molar-refractivity contribution in [3.63, 3.8) is 0 Å². The molecule has 0 aliphatic carbocycles. The Kier molecular flexibility index (Phi) is 7.80. The van der Waals surface area contributed by atoms with E-state index in [4.69, 9.17) is 10.2 Å². The molecule has 9 nitrogen and oxygen atoms in total. The van der Waals surface area contributed by atoms with Gasteiger partial charge in [-0.15, -0.1) is 0 Å². The third kappa shape index (κ3) is 6.29. The van der Waals surface area contributed by atoms with Crippen molar-refractivity contribution in [3.8, 4) is 0 Å². The number of hydrogen-bond donors (Lipinski definition) is 4. The summed E-state index contributed by atoms with van der Waals surface area (Å²) in [7, 11) is 0. The van der Waals surface area contributed by atoms with Crippen molar-refractivity contribution in [1.82, 2.24) is 10.6 Å². The van der Waals surface area contributed by atoms with E-state index in [1.807, 2.05) is 30.3 Å². The smallest absolute Gasteiger partial charge is 0.336 e. The summed E-state index contributed by atoms with van der Waals surface area (Å²) in [6, 6.07) is 13.1. The summed E-state index contributed by atoms with van der Waals surface area (Å²) in [5.41, 5.74) is 7.43. The first-order chi connectivity index (χ1) is 16.1. The zero-order valence-electron chi connectivity index (χ0n) is 19.3. The zero-order chi connectivity index (χ0) is 24.8. The molecule has 0 saturated heterocycles. The Bertz CT molecular complexity index is 1250. The first kappa shape index (κ1) is 24.7. The van der Waals surface area contributed by atoms with Crippen LogP contribution in [0.3, 0.4) is 0 Å². The Morgan fingerprint density at radius 2 is 1.65 bits per heavy atom. The first-order valence-corrected chi connectivity index (χ1v) is 10.9. The molecule has 0 spiro atoms. The van der Waals surface area contributed by atoms with Crippen LogP contribution in [0.1, 0.15) is 25.0 Å². The normalized spacial score (nSPS) is 13.5. The summed E-state index contributed by atoms with van der Waals surface area (Å²) in [6.07, 6.45) is 0.230. The lowest BCUT2D eigenvalue weighted by atomic mass is 10.0. The molecule has 0 fully saturated rings. The highest BCUT2D eigenvalue weighted by atomic mass is 16.4. The monoisotopic (exact) mass is 464 g/mol. The Labute approximate surface area is 196 Å². The largest absolute Gasteiger partial charge is 0.423 e. The third-order valence-corrected chi connectivity index (χ3v) is 5.30. The van der Waals surface area contributed by atoms with Crippen LogP contribution in [0.15, 0.2) is 63.8 Å². The summed E-state index contributed by atoms with van der Waals surface area (Å²) < 4.78 is 5.25. The number of benzene rings is 2. The van der Waals surface area contributed by atoms with Crippen molar-refractivity contribution in [1.29, 1.82) is 0 Å². The molecule has 1 heterocycles. The van der Waals surface area contributed by atoms with Crippen LogP contribution in [-0.4, -0.2) is 35.8 Å². The van der Waals surface area contributed by atoms with Gasteiger partial charge in [-0.1, -0.05) is 30.3 Å². The van der Waals surface area contributed by atoms with Crippen molar-refractivity contribution in [3.05, 3.63) is 76.1 Å². The zero-order valence-corrected chi connectivity index (χ0v) is 19.3. The summed E-state index contributed by atoms with van der Waals surface area (Å²) in [6.45, 7) is 4.83. The van der Waals surface area contributed by atoms with Gasteiger partial charge in [-0.05, 0) is 44.0 Å². The van der Waals surface area contributed by atoms with Crippen molar-refractivity contribution in [2.75, 3.05) is 5.32 Å². The minimum Gasteiger partial charge on any atom is -0.423 e. The lowest BCUT2D eigenvalue weighted by molar-refractivity contribution is -0.130. The van der Waals surface area contributed by atoms with Crippen LogP contribution in [0.25, 0.3) is 11.0 Å². The second-order valence-electron chi connectivity index (χ2n) is 8.22. The summed E-state index contributed by atoms with van der Waals surface area (Å²) in [5.74, 6) is -1.46. The van der Waals surface area contributed by atoms with E-state index in [1.165, 1.54) is 19.9 Å². The van der Waals surface area contributed by atoms with Crippen molar-refractivity contribution in [2.45, 2.75) is 45.3 Å². The fourth-order valence-electron chi connectivity index (χ4n) is 3.40. The molecule has 2 aromatic carbocycles. The maximum Gasteiger partial charge on any atom is 0.336 e. The molecule has 0 saturated carbocycles. The number of nitrogens with two attached hydrogens (primary N) is 1. The molecule has 5 N–H and O–H groups in total. The number of amides is 3. The number of nitrogens with one attached hydrogen (secondary N) is 3. The fraction of sp³-hybridized carbons (Fsp3) is 0.280. The van der Waals surface area contributed by atoms with Gasteiger partial charge in [0.1, 0.15) is 17.7 Å². The van der Waals surface area contributed by atoms with Gasteiger partial charge in [0.2, 0.25) is 17.7 Å².